The van der Waals surface area contributed by atoms with E-state index in [0.717, 1.165) is 30.4 Å². The molecule has 0 fully saturated rings. The highest BCUT2D eigenvalue weighted by molar-refractivity contribution is 7.51. The van der Waals surface area contributed by atoms with Crippen LogP contribution in [0.5, 0.6) is 0 Å². The fourth-order valence-electron chi connectivity index (χ4n) is 4.34. The van der Waals surface area contributed by atoms with Gasteiger partial charge < -0.3 is 18.5 Å². The lowest BCUT2D eigenvalue weighted by atomic mass is 10.1. The largest absolute Gasteiger partial charge is 0.778 e. The van der Waals surface area contributed by atoms with E-state index in [-0.39, 0.29) is 6.16 Å². The first-order valence-corrected chi connectivity index (χ1v) is 15.8. The van der Waals surface area contributed by atoms with Crippen molar-refractivity contribution in [1.29, 1.82) is 0 Å². The molecule has 1 unspecified atom stereocenters. The zero-order chi connectivity index (χ0) is 24.0. The van der Waals surface area contributed by atoms with E-state index >= 15 is 0 Å². The molecule has 0 aliphatic rings. The van der Waals surface area contributed by atoms with Gasteiger partial charge in [-0.05, 0) is 19.3 Å². The Kier molecular flexibility index (Phi) is 21.7. The van der Waals surface area contributed by atoms with E-state index in [1.807, 2.05) is 0 Å². The summed E-state index contributed by atoms with van der Waals surface area (Å²) in [5.74, 6) is 0. The highest BCUT2D eigenvalue weighted by atomic mass is 31.2. The molecular weight excluding hydrogens is 417 g/mol. The third-order valence-electron chi connectivity index (χ3n) is 6.60. The summed E-state index contributed by atoms with van der Waals surface area (Å²) in [5, 5.41) is 0. The van der Waals surface area contributed by atoms with Crippen LogP contribution in [0.25, 0.3) is 0 Å². The van der Waals surface area contributed by atoms with Crippen LogP contribution < -0.4 is 4.89 Å². The zero-order valence-electron chi connectivity index (χ0n) is 22.4. The Morgan fingerprint density at radius 3 is 1.44 bits per heavy atom. The summed E-state index contributed by atoms with van der Waals surface area (Å²) in [4.78, 5) is 12.2. The van der Waals surface area contributed by atoms with Crippen molar-refractivity contribution in [2.75, 3.05) is 40.0 Å². The smallest absolute Gasteiger partial charge is 0.135 e. The summed E-state index contributed by atoms with van der Waals surface area (Å²) in [7, 11) is 0.790. The van der Waals surface area contributed by atoms with Gasteiger partial charge in [0.2, 0.25) is 0 Å². The molecule has 5 heteroatoms. The van der Waals surface area contributed by atoms with E-state index in [4.69, 9.17) is 4.52 Å². The first-order chi connectivity index (χ1) is 15.3. The molecule has 0 bridgehead atoms. The molecule has 0 aromatic heterocycles. The van der Waals surface area contributed by atoms with Gasteiger partial charge in [0.05, 0.1) is 33.8 Å². The molecule has 0 aromatic rings. The van der Waals surface area contributed by atoms with Gasteiger partial charge in [0.1, 0.15) is 7.60 Å². The molecule has 0 heterocycles. The Morgan fingerprint density at radius 1 is 0.594 bits per heavy atom. The van der Waals surface area contributed by atoms with Crippen molar-refractivity contribution in [2.45, 2.75) is 136 Å². The molecule has 0 saturated heterocycles. The fraction of sp³-hybridized carbons (Fsp3) is 1.00. The number of nitrogens with zero attached hydrogens (tertiary/aromatic N) is 1. The van der Waals surface area contributed by atoms with Gasteiger partial charge in [0, 0.05) is 12.6 Å². The van der Waals surface area contributed by atoms with Crippen LogP contribution in [-0.2, 0) is 9.09 Å². The van der Waals surface area contributed by atoms with Gasteiger partial charge in [-0.25, -0.2) is 0 Å². The number of rotatable bonds is 25. The van der Waals surface area contributed by atoms with Crippen molar-refractivity contribution < 1.29 is 18.5 Å². The van der Waals surface area contributed by atoms with Crippen LogP contribution in [0.4, 0.5) is 0 Å². The molecule has 0 N–H and O–H groups in total. The maximum absolute atomic E-state index is 12.2. The molecule has 0 radical (unpaired) electrons. The summed E-state index contributed by atoms with van der Waals surface area (Å²) < 4.78 is 18.3. The van der Waals surface area contributed by atoms with Gasteiger partial charge >= 0.3 is 0 Å². The minimum absolute atomic E-state index is 0.184. The van der Waals surface area contributed by atoms with Crippen LogP contribution in [0.2, 0.25) is 0 Å². The average Bonchev–Trinajstić information content (AvgIpc) is 2.73. The normalized spacial score (nSPS) is 14.0. The van der Waals surface area contributed by atoms with Gasteiger partial charge in [-0.15, -0.1) is 0 Å². The Morgan fingerprint density at radius 2 is 0.969 bits per heavy atom. The van der Waals surface area contributed by atoms with Crippen molar-refractivity contribution in [1.82, 2.24) is 0 Å². The highest BCUT2D eigenvalue weighted by Crippen LogP contribution is 2.37. The van der Waals surface area contributed by atoms with Crippen LogP contribution in [-0.4, -0.2) is 44.4 Å². The summed E-state index contributed by atoms with van der Waals surface area (Å²) in [6.07, 6.45) is 24.1. The second kappa shape index (κ2) is 21.6. The SMILES string of the molecule is CCCCCCCCCCCC[N+](C)(C)CCCP(=O)([O-])OCCCCCCCCCC. The second-order valence-electron chi connectivity index (χ2n) is 10.6. The fourth-order valence-corrected chi connectivity index (χ4v) is 5.40. The molecule has 4 nitrogen and oxygen atoms in total. The summed E-state index contributed by atoms with van der Waals surface area (Å²) in [5.41, 5.74) is 0. The van der Waals surface area contributed by atoms with Gasteiger partial charge in [0.15, 0.2) is 0 Å². The highest BCUT2D eigenvalue weighted by Gasteiger charge is 2.16. The van der Waals surface area contributed by atoms with E-state index in [9.17, 15) is 9.46 Å². The molecule has 0 amide bonds. The standard InChI is InChI=1S/C27H58NO3P/c1-5-7-9-11-13-15-16-17-19-21-24-28(3,4)25-23-27-32(29,30)31-26-22-20-18-14-12-10-8-6-2/h5-27H2,1-4H3. The second-order valence-corrected chi connectivity index (χ2v) is 12.5. The monoisotopic (exact) mass is 475 g/mol. The van der Waals surface area contributed by atoms with Crippen LogP contribution in [0.1, 0.15) is 136 Å². The minimum atomic E-state index is -3.66. The summed E-state index contributed by atoms with van der Waals surface area (Å²) in [6, 6.07) is 0. The molecule has 32 heavy (non-hydrogen) atoms. The lowest BCUT2D eigenvalue weighted by Crippen LogP contribution is -2.41. The van der Waals surface area contributed by atoms with Crippen LogP contribution in [0, 0.1) is 0 Å². The van der Waals surface area contributed by atoms with Gasteiger partial charge in [-0.3, -0.25) is 0 Å². The molecular formula is C27H58NO3P. The minimum Gasteiger partial charge on any atom is -0.778 e. The maximum atomic E-state index is 12.2. The van der Waals surface area contributed by atoms with E-state index < -0.39 is 7.60 Å². The zero-order valence-corrected chi connectivity index (χ0v) is 23.3. The molecule has 1 atom stereocenters. The van der Waals surface area contributed by atoms with Crippen molar-refractivity contribution >= 4 is 7.60 Å². The molecule has 0 saturated carbocycles. The predicted molar refractivity (Wildman–Crippen MR) is 139 cm³/mol. The first kappa shape index (κ1) is 32.1. The lowest BCUT2D eigenvalue weighted by Gasteiger charge is -2.31. The number of hydrogen-bond donors (Lipinski definition) is 0. The van der Waals surface area contributed by atoms with Gasteiger partial charge in [0.25, 0.3) is 0 Å². The Balaban J connectivity index is 3.62. The number of hydrogen-bond acceptors (Lipinski definition) is 3. The number of unbranched alkanes of at least 4 members (excludes halogenated alkanes) is 16. The van der Waals surface area contributed by atoms with Crippen molar-refractivity contribution in [3.8, 4) is 0 Å². The summed E-state index contributed by atoms with van der Waals surface area (Å²) in [6.45, 7) is 6.92. The average molecular weight is 476 g/mol. The molecule has 0 aromatic carbocycles. The van der Waals surface area contributed by atoms with Crippen LogP contribution >= 0.6 is 7.60 Å². The molecule has 0 aliphatic heterocycles. The maximum Gasteiger partial charge on any atom is 0.135 e. The van der Waals surface area contributed by atoms with E-state index in [1.54, 1.807) is 0 Å². The third kappa shape index (κ3) is 23.3. The van der Waals surface area contributed by atoms with E-state index in [0.29, 0.717) is 13.0 Å². The molecule has 194 valence electrons. The van der Waals surface area contributed by atoms with Gasteiger partial charge in [-0.2, -0.15) is 0 Å². The summed E-state index contributed by atoms with van der Waals surface area (Å²) >= 11 is 0. The predicted octanol–water partition coefficient (Wildman–Crippen LogP) is 8.08. The molecule has 0 rings (SSSR count). The van der Waals surface area contributed by atoms with E-state index in [2.05, 4.69) is 27.9 Å². The van der Waals surface area contributed by atoms with Crippen LogP contribution in [0.3, 0.4) is 0 Å². The Labute approximate surface area is 202 Å². The van der Waals surface area contributed by atoms with Crippen molar-refractivity contribution in [3.05, 3.63) is 0 Å². The number of quaternary nitrogens is 1. The Hall–Kier alpha value is 0.110. The quantitative estimate of drug-likeness (QED) is 0.0761. The molecule has 0 spiro atoms. The first-order valence-electron chi connectivity index (χ1n) is 14.1. The lowest BCUT2D eigenvalue weighted by molar-refractivity contribution is -0.890. The molecule has 0 aliphatic carbocycles. The van der Waals surface area contributed by atoms with Gasteiger partial charge in [-0.1, -0.05) is 110 Å². The van der Waals surface area contributed by atoms with Crippen LogP contribution in [0.15, 0.2) is 0 Å². The third-order valence-corrected chi connectivity index (χ3v) is 8.04. The van der Waals surface area contributed by atoms with E-state index in [1.165, 1.54) is 103 Å². The Bertz CT molecular complexity index is 443. The van der Waals surface area contributed by atoms with Crippen molar-refractivity contribution in [3.63, 3.8) is 0 Å². The topological polar surface area (TPSA) is 49.4 Å². The van der Waals surface area contributed by atoms with Crippen molar-refractivity contribution in [2.24, 2.45) is 0 Å².